The van der Waals surface area contributed by atoms with E-state index in [0.29, 0.717) is 6.67 Å². The van der Waals surface area contributed by atoms with Gasteiger partial charge in [-0.3, -0.25) is 9.69 Å². The van der Waals surface area contributed by atoms with Crippen LogP contribution in [0, 0.1) is 0 Å². The fourth-order valence-electron chi connectivity index (χ4n) is 3.54. The van der Waals surface area contributed by atoms with E-state index in [9.17, 15) is 4.79 Å². The third-order valence-corrected chi connectivity index (χ3v) is 6.74. The molecule has 0 N–H and O–H groups in total. The molecule has 0 saturated heterocycles. The van der Waals surface area contributed by atoms with Crippen LogP contribution >= 0.6 is 22.7 Å². The van der Waals surface area contributed by atoms with Gasteiger partial charge in [0.05, 0.1) is 16.9 Å². The summed E-state index contributed by atoms with van der Waals surface area (Å²) in [5.41, 5.74) is 2.26. The van der Waals surface area contributed by atoms with Gasteiger partial charge in [0.1, 0.15) is 5.69 Å². The molecule has 26 heavy (non-hydrogen) atoms. The van der Waals surface area contributed by atoms with E-state index in [0.717, 1.165) is 40.9 Å². The molecular weight excluding hydrogens is 362 g/mol. The number of rotatable bonds is 3. The van der Waals surface area contributed by atoms with Crippen molar-refractivity contribution in [1.82, 2.24) is 14.7 Å². The molecule has 4 aromatic rings. The van der Waals surface area contributed by atoms with Gasteiger partial charge in [-0.25, -0.2) is 4.68 Å². The summed E-state index contributed by atoms with van der Waals surface area (Å²) in [6, 6.07) is 14.1. The molecule has 0 fully saturated rings. The lowest BCUT2D eigenvalue weighted by Gasteiger charge is -2.27. The maximum Gasteiger partial charge on any atom is 0.275 e. The highest BCUT2D eigenvalue weighted by atomic mass is 32.1. The molecule has 0 atom stereocenters. The van der Waals surface area contributed by atoms with Crippen LogP contribution in [-0.2, 0) is 19.6 Å². The van der Waals surface area contributed by atoms with Crippen LogP contribution in [0.5, 0.6) is 0 Å². The lowest BCUT2D eigenvalue weighted by molar-refractivity contribution is 0.187. The predicted molar refractivity (Wildman–Crippen MR) is 108 cm³/mol. The van der Waals surface area contributed by atoms with Crippen molar-refractivity contribution in [1.29, 1.82) is 0 Å². The van der Waals surface area contributed by atoms with E-state index in [2.05, 4.69) is 22.4 Å². The predicted octanol–water partition coefficient (Wildman–Crippen LogP) is 4.20. The Kier molecular flexibility index (Phi) is 3.96. The summed E-state index contributed by atoms with van der Waals surface area (Å²) in [6.45, 7) is 2.37. The highest BCUT2D eigenvalue weighted by Gasteiger charge is 2.19. The Morgan fingerprint density at radius 3 is 2.73 bits per heavy atom. The number of thiophene rings is 2. The second-order valence-corrected chi connectivity index (χ2v) is 8.44. The lowest BCUT2D eigenvalue weighted by Crippen LogP contribution is -2.37. The molecular formula is C20H17N3OS2. The monoisotopic (exact) mass is 379 g/mol. The first-order valence-corrected chi connectivity index (χ1v) is 10.4. The molecule has 5 rings (SSSR count). The van der Waals surface area contributed by atoms with Gasteiger partial charge < -0.3 is 0 Å². The minimum absolute atomic E-state index is 0.0166. The van der Waals surface area contributed by atoms with Crippen molar-refractivity contribution in [3.05, 3.63) is 74.0 Å². The molecule has 0 radical (unpaired) electrons. The minimum Gasteiger partial charge on any atom is -0.280 e. The molecule has 0 saturated carbocycles. The molecule has 4 heterocycles. The van der Waals surface area contributed by atoms with Gasteiger partial charge in [-0.15, -0.1) is 22.7 Å². The first-order chi connectivity index (χ1) is 12.8. The number of benzene rings is 1. The zero-order valence-electron chi connectivity index (χ0n) is 14.1. The van der Waals surface area contributed by atoms with Crippen LogP contribution in [0.15, 0.2) is 58.0 Å². The van der Waals surface area contributed by atoms with Crippen molar-refractivity contribution in [2.24, 2.45) is 0 Å². The number of hydrogen-bond donors (Lipinski definition) is 0. The summed E-state index contributed by atoms with van der Waals surface area (Å²) in [6.07, 6.45) is 1.05. The summed E-state index contributed by atoms with van der Waals surface area (Å²) < 4.78 is 1.63. The zero-order valence-corrected chi connectivity index (χ0v) is 15.7. The van der Waals surface area contributed by atoms with Crippen LogP contribution in [0.1, 0.15) is 10.4 Å². The van der Waals surface area contributed by atoms with Crippen molar-refractivity contribution >= 4 is 33.4 Å². The van der Waals surface area contributed by atoms with Gasteiger partial charge in [-0.1, -0.05) is 24.3 Å². The molecule has 1 aliphatic heterocycles. The quantitative estimate of drug-likeness (QED) is 0.535. The summed E-state index contributed by atoms with van der Waals surface area (Å²) in [5.74, 6) is 0. The molecule has 1 aromatic carbocycles. The van der Waals surface area contributed by atoms with Crippen LogP contribution in [0.4, 0.5) is 0 Å². The molecule has 1 aliphatic rings. The van der Waals surface area contributed by atoms with Crippen LogP contribution in [0.3, 0.4) is 0 Å². The highest BCUT2D eigenvalue weighted by Crippen LogP contribution is 2.29. The van der Waals surface area contributed by atoms with Crippen molar-refractivity contribution in [3.8, 4) is 10.6 Å². The molecule has 0 spiro atoms. The highest BCUT2D eigenvalue weighted by molar-refractivity contribution is 7.13. The lowest BCUT2D eigenvalue weighted by atomic mass is 10.1. The van der Waals surface area contributed by atoms with E-state index >= 15 is 0 Å². The van der Waals surface area contributed by atoms with E-state index in [-0.39, 0.29) is 5.56 Å². The van der Waals surface area contributed by atoms with Gasteiger partial charge in [0.2, 0.25) is 0 Å². The summed E-state index contributed by atoms with van der Waals surface area (Å²) in [4.78, 5) is 17.9. The first kappa shape index (κ1) is 15.9. The van der Waals surface area contributed by atoms with Crippen LogP contribution in [0.25, 0.3) is 21.3 Å². The van der Waals surface area contributed by atoms with E-state index < -0.39 is 0 Å². The van der Waals surface area contributed by atoms with Gasteiger partial charge in [0.15, 0.2) is 0 Å². The Hall–Kier alpha value is -2.28. The first-order valence-electron chi connectivity index (χ1n) is 8.61. The zero-order chi connectivity index (χ0) is 17.5. The Morgan fingerprint density at radius 2 is 1.88 bits per heavy atom. The van der Waals surface area contributed by atoms with Crippen LogP contribution in [0.2, 0.25) is 0 Å². The second kappa shape index (κ2) is 6.46. The van der Waals surface area contributed by atoms with Gasteiger partial charge in [-0.05, 0) is 40.9 Å². The number of aromatic nitrogens is 2. The van der Waals surface area contributed by atoms with Crippen LogP contribution in [-0.4, -0.2) is 21.2 Å². The normalized spacial score (nSPS) is 14.6. The molecule has 0 amide bonds. The van der Waals surface area contributed by atoms with E-state index in [4.69, 9.17) is 5.10 Å². The fraction of sp³-hybridized carbons (Fsp3) is 0.200. The molecule has 0 unspecified atom stereocenters. The van der Waals surface area contributed by atoms with E-state index in [1.54, 1.807) is 16.0 Å². The number of nitrogens with zero attached hydrogens (tertiary/aromatic N) is 3. The molecule has 0 bridgehead atoms. The Morgan fingerprint density at radius 1 is 1.00 bits per heavy atom. The smallest absolute Gasteiger partial charge is 0.275 e. The number of hydrogen-bond acceptors (Lipinski definition) is 5. The van der Waals surface area contributed by atoms with Gasteiger partial charge in [-0.2, -0.15) is 5.10 Å². The summed E-state index contributed by atoms with van der Waals surface area (Å²) >= 11 is 3.48. The molecule has 3 aromatic heterocycles. The van der Waals surface area contributed by atoms with Gasteiger partial charge in [0.25, 0.3) is 5.56 Å². The second-order valence-electron chi connectivity index (χ2n) is 6.49. The van der Waals surface area contributed by atoms with E-state index in [1.807, 2.05) is 47.0 Å². The average Bonchev–Trinajstić information content (AvgIpc) is 3.35. The minimum atomic E-state index is -0.0166. The maximum absolute atomic E-state index is 13.0. The molecule has 6 heteroatoms. The van der Waals surface area contributed by atoms with Crippen molar-refractivity contribution in [2.75, 3.05) is 6.54 Å². The average molecular weight is 380 g/mol. The molecule has 4 nitrogen and oxygen atoms in total. The standard InChI is InChI=1S/C20H17N3OS2/c24-20-16-5-2-1-4-15(16)19(18-6-3-10-25-18)21-23(20)13-22-9-7-17-14(12-22)8-11-26-17/h1-6,8,10-11H,7,9,12-13H2. The van der Waals surface area contributed by atoms with Gasteiger partial charge >= 0.3 is 0 Å². The molecule has 0 aliphatic carbocycles. The Labute approximate surface area is 159 Å². The third-order valence-electron chi connectivity index (χ3n) is 4.84. The fourth-order valence-corrected chi connectivity index (χ4v) is 5.16. The van der Waals surface area contributed by atoms with Crippen molar-refractivity contribution in [3.63, 3.8) is 0 Å². The topological polar surface area (TPSA) is 38.1 Å². The maximum atomic E-state index is 13.0. The SMILES string of the molecule is O=c1c2ccccc2c(-c2cccs2)nn1CN1CCc2sccc2C1. The summed E-state index contributed by atoms with van der Waals surface area (Å²) in [7, 11) is 0. The third kappa shape index (κ3) is 2.70. The van der Waals surface area contributed by atoms with E-state index in [1.165, 1.54) is 10.4 Å². The largest absolute Gasteiger partial charge is 0.280 e. The van der Waals surface area contributed by atoms with Crippen LogP contribution < -0.4 is 5.56 Å². The number of fused-ring (bicyclic) bond motifs is 2. The van der Waals surface area contributed by atoms with Crippen molar-refractivity contribution < 1.29 is 0 Å². The van der Waals surface area contributed by atoms with Gasteiger partial charge in [0, 0.05) is 23.4 Å². The summed E-state index contributed by atoms with van der Waals surface area (Å²) in [5, 5.41) is 10.6. The Bertz CT molecular complexity index is 1130. The van der Waals surface area contributed by atoms with Crippen molar-refractivity contribution in [2.45, 2.75) is 19.6 Å². The Balaban J connectivity index is 1.58. The molecule has 130 valence electrons.